The third-order valence-corrected chi connectivity index (χ3v) is 2.28. The van der Waals surface area contributed by atoms with Gasteiger partial charge in [0, 0.05) is 18.7 Å². The summed E-state index contributed by atoms with van der Waals surface area (Å²) in [6, 6.07) is 8.72. The van der Waals surface area contributed by atoms with Crippen LogP contribution in [0.3, 0.4) is 0 Å². The number of carbonyl (C=O) groups is 2. The van der Waals surface area contributed by atoms with E-state index in [4.69, 9.17) is 5.11 Å². The maximum Gasteiger partial charge on any atom is 0.305 e. The van der Waals surface area contributed by atoms with Gasteiger partial charge in [0.25, 0.3) is 0 Å². The zero-order valence-electron chi connectivity index (χ0n) is 9.38. The van der Waals surface area contributed by atoms with Gasteiger partial charge in [-0.05, 0) is 19.1 Å². The van der Waals surface area contributed by atoms with Crippen molar-refractivity contribution in [2.45, 2.75) is 26.3 Å². The molecule has 0 aliphatic heterocycles. The molecule has 86 valence electrons. The van der Waals surface area contributed by atoms with Crippen LogP contribution in [-0.2, 0) is 9.59 Å². The fourth-order valence-corrected chi connectivity index (χ4v) is 1.68. The lowest BCUT2D eigenvalue weighted by Crippen LogP contribution is -2.38. The van der Waals surface area contributed by atoms with E-state index in [2.05, 4.69) is 0 Å². The average Bonchev–Trinajstić information content (AvgIpc) is 2.17. The first-order chi connectivity index (χ1) is 7.52. The number of carboxylic acid groups (broad SMARTS) is 1. The molecule has 4 heteroatoms. The number of amides is 1. The van der Waals surface area contributed by atoms with Gasteiger partial charge in [-0.15, -0.1) is 0 Å². The quantitative estimate of drug-likeness (QED) is 0.844. The fraction of sp³-hybridized carbons (Fsp3) is 0.333. The first-order valence-corrected chi connectivity index (χ1v) is 5.09. The molecule has 0 saturated heterocycles. The first kappa shape index (κ1) is 12.2. The monoisotopic (exact) mass is 221 g/mol. The van der Waals surface area contributed by atoms with Crippen LogP contribution in [0.25, 0.3) is 0 Å². The lowest BCUT2D eigenvalue weighted by molar-refractivity contribution is -0.137. The normalized spacial score (nSPS) is 11.9. The van der Waals surface area contributed by atoms with Crippen molar-refractivity contribution in [2.24, 2.45) is 0 Å². The highest BCUT2D eigenvalue weighted by molar-refractivity contribution is 5.92. The minimum absolute atomic E-state index is 0.0610. The summed E-state index contributed by atoms with van der Waals surface area (Å²) in [7, 11) is 0. The molecule has 0 heterocycles. The summed E-state index contributed by atoms with van der Waals surface area (Å²) in [6.45, 7) is 3.16. The van der Waals surface area contributed by atoms with E-state index < -0.39 is 5.97 Å². The van der Waals surface area contributed by atoms with E-state index in [9.17, 15) is 9.59 Å². The van der Waals surface area contributed by atoms with Crippen molar-refractivity contribution in [1.82, 2.24) is 0 Å². The van der Waals surface area contributed by atoms with Crippen LogP contribution in [0, 0.1) is 0 Å². The van der Waals surface area contributed by atoms with Crippen LogP contribution in [0.4, 0.5) is 5.69 Å². The lowest BCUT2D eigenvalue weighted by atomic mass is 10.1. The van der Waals surface area contributed by atoms with Crippen LogP contribution >= 0.6 is 0 Å². The van der Waals surface area contributed by atoms with Crippen LogP contribution < -0.4 is 4.90 Å². The molecule has 1 amide bonds. The van der Waals surface area contributed by atoms with Gasteiger partial charge in [-0.3, -0.25) is 9.59 Å². The highest BCUT2D eigenvalue weighted by Gasteiger charge is 2.20. The highest BCUT2D eigenvalue weighted by Crippen LogP contribution is 2.18. The molecule has 0 fully saturated rings. The molecule has 0 unspecified atom stereocenters. The second-order valence-electron chi connectivity index (χ2n) is 3.67. The molecule has 16 heavy (non-hydrogen) atoms. The number of carbonyl (C=O) groups excluding carboxylic acids is 1. The van der Waals surface area contributed by atoms with E-state index in [0.717, 1.165) is 5.69 Å². The molecule has 0 bridgehead atoms. The van der Waals surface area contributed by atoms with E-state index in [1.807, 2.05) is 18.2 Å². The van der Waals surface area contributed by atoms with Gasteiger partial charge < -0.3 is 10.0 Å². The van der Waals surface area contributed by atoms with Crippen molar-refractivity contribution < 1.29 is 14.7 Å². The number of nitrogens with zero attached hydrogens (tertiary/aromatic N) is 1. The van der Waals surface area contributed by atoms with E-state index in [1.54, 1.807) is 19.1 Å². The maximum atomic E-state index is 11.5. The van der Waals surface area contributed by atoms with Gasteiger partial charge in [0.15, 0.2) is 0 Å². The highest BCUT2D eigenvalue weighted by atomic mass is 16.4. The molecule has 0 saturated carbocycles. The van der Waals surface area contributed by atoms with Crippen LogP contribution in [0.5, 0.6) is 0 Å². The Balaban J connectivity index is 2.92. The summed E-state index contributed by atoms with van der Waals surface area (Å²) in [5, 5.41) is 8.72. The Morgan fingerprint density at radius 1 is 1.31 bits per heavy atom. The molecule has 1 aromatic rings. The second-order valence-corrected chi connectivity index (χ2v) is 3.67. The summed E-state index contributed by atoms with van der Waals surface area (Å²) >= 11 is 0. The zero-order valence-corrected chi connectivity index (χ0v) is 9.38. The molecule has 0 spiro atoms. The van der Waals surface area contributed by atoms with Crippen molar-refractivity contribution in [2.75, 3.05) is 4.90 Å². The minimum Gasteiger partial charge on any atom is -0.481 e. The smallest absolute Gasteiger partial charge is 0.305 e. The molecule has 1 rings (SSSR count). The Bertz CT molecular complexity index is 375. The number of para-hydroxylation sites is 1. The third-order valence-electron chi connectivity index (χ3n) is 2.28. The summed E-state index contributed by atoms with van der Waals surface area (Å²) < 4.78 is 0. The van der Waals surface area contributed by atoms with Gasteiger partial charge >= 0.3 is 5.97 Å². The van der Waals surface area contributed by atoms with Gasteiger partial charge in [-0.2, -0.15) is 0 Å². The van der Waals surface area contributed by atoms with Crippen LogP contribution in [0.2, 0.25) is 0 Å². The number of carboxylic acids is 1. The summed E-state index contributed by atoms with van der Waals surface area (Å²) in [5.74, 6) is -1.06. The van der Waals surface area contributed by atoms with Crippen molar-refractivity contribution >= 4 is 17.6 Å². The number of hydrogen-bond acceptors (Lipinski definition) is 2. The van der Waals surface area contributed by atoms with Gasteiger partial charge in [0.2, 0.25) is 5.91 Å². The SMILES string of the molecule is CC(=O)N(c1ccccc1)[C@@H](C)CC(=O)O. The zero-order chi connectivity index (χ0) is 12.1. The number of hydrogen-bond donors (Lipinski definition) is 1. The van der Waals surface area contributed by atoms with E-state index >= 15 is 0 Å². The molecule has 0 aromatic heterocycles. The van der Waals surface area contributed by atoms with E-state index in [-0.39, 0.29) is 18.4 Å². The molecule has 1 aromatic carbocycles. The number of anilines is 1. The largest absolute Gasteiger partial charge is 0.481 e. The van der Waals surface area contributed by atoms with Gasteiger partial charge in [0.1, 0.15) is 0 Å². The van der Waals surface area contributed by atoms with Crippen LogP contribution in [0.15, 0.2) is 30.3 Å². The number of aliphatic carboxylic acids is 1. The number of benzene rings is 1. The molecule has 1 atom stereocenters. The van der Waals surface area contributed by atoms with Crippen LogP contribution in [0.1, 0.15) is 20.3 Å². The van der Waals surface area contributed by atoms with Crippen molar-refractivity contribution in [3.63, 3.8) is 0 Å². The lowest BCUT2D eigenvalue weighted by Gasteiger charge is -2.27. The summed E-state index contributed by atoms with van der Waals surface area (Å²) in [4.78, 5) is 23.6. The molecular weight excluding hydrogens is 206 g/mol. The molecule has 1 N–H and O–H groups in total. The van der Waals surface area contributed by atoms with Gasteiger partial charge in [-0.1, -0.05) is 18.2 Å². The molecule has 0 radical (unpaired) electrons. The van der Waals surface area contributed by atoms with Gasteiger partial charge in [0.05, 0.1) is 6.42 Å². The van der Waals surface area contributed by atoms with E-state index in [0.29, 0.717) is 0 Å². The Labute approximate surface area is 94.5 Å². The molecule has 0 aliphatic rings. The molecular formula is C12H15NO3. The Hall–Kier alpha value is -1.84. The van der Waals surface area contributed by atoms with Crippen molar-refractivity contribution in [3.8, 4) is 0 Å². The Kier molecular flexibility index (Phi) is 4.05. The van der Waals surface area contributed by atoms with Gasteiger partial charge in [-0.25, -0.2) is 0 Å². The maximum absolute atomic E-state index is 11.5. The minimum atomic E-state index is -0.908. The average molecular weight is 221 g/mol. The molecule has 4 nitrogen and oxygen atoms in total. The van der Waals surface area contributed by atoms with E-state index in [1.165, 1.54) is 11.8 Å². The van der Waals surface area contributed by atoms with Crippen molar-refractivity contribution in [1.29, 1.82) is 0 Å². The first-order valence-electron chi connectivity index (χ1n) is 5.09. The summed E-state index contributed by atoms with van der Waals surface area (Å²) in [5.41, 5.74) is 0.726. The number of rotatable bonds is 4. The standard InChI is InChI=1S/C12H15NO3/c1-9(8-12(15)16)13(10(2)14)11-6-4-3-5-7-11/h3-7,9H,8H2,1-2H3,(H,15,16)/t9-/m0/s1. The third kappa shape index (κ3) is 3.08. The van der Waals surface area contributed by atoms with Crippen LogP contribution in [-0.4, -0.2) is 23.0 Å². The second kappa shape index (κ2) is 5.30. The fourth-order valence-electron chi connectivity index (χ4n) is 1.68. The Morgan fingerprint density at radius 2 is 1.88 bits per heavy atom. The predicted molar refractivity (Wildman–Crippen MR) is 61.3 cm³/mol. The van der Waals surface area contributed by atoms with Crippen molar-refractivity contribution in [3.05, 3.63) is 30.3 Å². The topological polar surface area (TPSA) is 57.6 Å². The molecule has 0 aliphatic carbocycles. The summed E-state index contributed by atoms with van der Waals surface area (Å²) in [6.07, 6.45) is -0.0610. The predicted octanol–water partition coefficient (Wildman–Crippen LogP) is 1.90. The Morgan fingerprint density at radius 3 is 2.31 bits per heavy atom.